The Balaban J connectivity index is 2.83. The van der Waals surface area contributed by atoms with Gasteiger partial charge >= 0.3 is 6.07 Å². The van der Waals surface area contributed by atoms with E-state index in [1.54, 1.807) is 6.92 Å². The van der Waals surface area contributed by atoms with Crippen molar-refractivity contribution < 1.29 is 0 Å². The highest BCUT2D eigenvalue weighted by atomic mass is 15.5. The van der Waals surface area contributed by atoms with Crippen molar-refractivity contribution in [2.24, 2.45) is 0 Å². The normalized spacial score (nSPS) is 8.55. The zero-order chi connectivity index (χ0) is 8.36. The molecule has 0 unspecified atom stereocenters. The topological polar surface area (TPSA) is 28.4 Å². The molecule has 0 amide bonds. The Labute approximate surface area is 68.9 Å². The van der Waals surface area contributed by atoms with Crippen molar-refractivity contribution in [1.29, 1.82) is 0 Å². The lowest BCUT2D eigenvalue weighted by molar-refractivity contribution is 0.563. The molecule has 3 heteroatoms. The van der Waals surface area contributed by atoms with Gasteiger partial charge in [0.15, 0.2) is 0 Å². The number of nitrogens with zero attached hydrogens (tertiary/aromatic N) is 1. The number of rotatable bonds is 6. The van der Waals surface area contributed by atoms with E-state index in [0.717, 1.165) is 6.54 Å². The second-order valence-corrected chi connectivity index (χ2v) is 2.43. The Bertz CT molecular complexity index is 123. The van der Waals surface area contributed by atoms with Gasteiger partial charge < -0.3 is 0 Å². The zero-order valence-corrected chi connectivity index (χ0v) is 7.48. The molecule has 0 atom stereocenters. The minimum atomic E-state index is 0.977. The predicted octanol–water partition coefficient (Wildman–Crippen LogP) is 1.93. The quantitative estimate of drug-likeness (QED) is 0.454. The van der Waals surface area contributed by atoms with Gasteiger partial charge in [-0.15, -0.1) is 0 Å². The summed E-state index contributed by atoms with van der Waals surface area (Å²) in [5, 5.41) is 0. The zero-order valence-electron chi connectivity index (χ0n) is 7.48. The van der Waals surface area contributed by atoms with Crippen LogP contribution in [-0.2, 0) is 0 Å². The van der Waals surface area contributed by atoms with Crippen molar-refractivity contribution in [3.8, 4) is 6.07 Å². The van der Waals surface area contributed by atoms with Gasteiger partial charge in [0.2, 0.25) is 0 Å². The summed E-state index contributed by atoms with van der Waals surface area (Å²) in [7, 11) is 0. The van der Waals surface area contributed by atoms with Crippen LogP contribution in [0.15, 0.2) is 0 Å². The summed E-state index contributed by atoms with van der Waals surface area (Å²) in [6.07, 6.45) is 5.12. The number of hydrogen-bond donors (Lipinski definition) is 2. The Hall–Kier alpha value is -0.750. The number of hydrogen-bond acceptors (Lipinski definition) is 2. The van der Waals surface area contributed by atoms with Crippen LogP contribution in [0, 0.1) is 6.07 Å². The molecule has 0 aromatic carbocycles. The average molecular weight is 156 g/mol. The van der Waals surface area contributed by atoms with Gasteiger partial charge in [0.1, 0.15) is 0 Å². The van der Waals surface area contributed by atoms with E-state index in [9.17, 15) is 0 Å². The Morgan fingerprint density at radius 2 is 2.09 bits per heavy atom. The van der Waals surface area contributed by atoms with Crippen LogP contribution in [-0.4, -0.2) is 6.54 Å². The van der Waals surface area contributed by atoms with E-state index < -0.39 is 0 Å². The molecule has 0 saturated carbocycles. The van der Waals surface area contributed by atoms with Crippen LogP contribution in [0.25, 0.3) is 4.95 Å². The molecule has 0 aliphatic heterocycles. The lowest BCUT2D eigenvalue weighted by Crippen LogP contribution is -2.26. The molecule has 11 heavy (non-hydrogen) atoms. The number of hydrazine groups is 1. The second-order valence-electron chi connectivity index (χ2n) is 2.43. The first-order valence-electron chi connectivity index (χ1n) is 4.26. The smallest absolute Gasteiger partial charge is 0.172 e. The highest BCUT2D eigenvalue weighted by molar-refractivity contribution is 4.73. The van der Waals surface area contributed by atoms with Crippen LogP contribution in [0.2, 0.25) is 0 Å². The maximum absolute atomic E-state index is 3.68. The minimum Gasteiger partial charge on any atom is -0.172 e. The maximum atomic E-state index is 3.68. The summed E-state index contributed by atoms with van der Waals surface area (Å²) in [5.74, 6) is 0. The van der Waals surface area contributed by atoms with Gasteiger partial charge in [0.25, 0.3) is 0 Å². The molecule has 0 spiro atoms. The van der Waals surface area contributed by atoms with Gasteiger partial charge in [0, 0.05) is 6.54 Å². The third-order valence-corrected chi connectivity index (χ3v) is 1.40. The van der Waals surface area contributed by atoms with Crippen LogP contribution >= 0.6 is 0 Å². The molecule has 3 nitrogen and oxygen atoms in total. The molecule has 0 aromatic rings. The molecule has 64 valence electrons. The van der Waals surface area contributed by atoms with Gasteiger partial charge in [-0.3, -0.25) is 0 Å². The van der Waals surface area contributed by atoms with Crippen LogP contribution < -0.4 is 11.0 Å². The van der Waals surface area contributed by atoms with E-state index >= 15 is 0 Å². The summed E-state index contributed by atoms with van der Waals surface area (Å²) in [6, 6.07) is 2.62. The molecule has 0 fully saturated rings. The number of unbranched alkanes of at least 4 members (excludes halogenated alkanes) is 3. The summed E-state index contributed by atoms with van der Waals surface area (Å²) < 4.78 is 0. The average Bonchev–Trinajstić information content (AvgIpc) is 2.03. The molecular formula is C8H18N3+. The van der Waals surface area contributed by atoms with Gasteiger partial charge in [-0.25, -0.2) is 0 Å². The fraction of sp³-hybridized carbons (Fsp3) is 0.875. The largest absolute Gasteiger partial charge is 0.317 e. The standard InChI is InChI=1S/C8H18N3/c1-3-5-6-7-8-10-11-9-4-2/h10-11H,3,5-8H2,1-2H3/q+1. The monoisotopic (exact) mass is 156 g/mol. The van der Waals surface area contributed by atoms with Gasteiger partial charge in [-0.1, -0.05) is 26.2 Å². The molecule has 0 rings (SSSR count). The van der Waals surface area contributed by atoms with Crippen molar-refractivity contribution in [3.63, 3.8) is 0 Å². The van der Waals surface area contributed by atoms with Crippen molar-refractivity contribution in [3.05, 3.63) is 4.95 Å². The van der Waals surface area contributed by atoms with Crippen LogP contribution in [0.5, 0.6) is 0 Å². The summed E-state index contributed by atoms with van der Waals surface area (Å²) in [5.41, 5.74) is 5.64. The van der Waals surface area contributed by atoms with E-state index in [1.165, 1.54) is 25.7 Å². The lowest BCUT2D eigenvalue weighted by Gasteiger charge is -1.95. The van der Waals surface area contributed by atoms with E-state index in [0.29, 0.717) is 0 Å². The number of nitrogens with one attached hydrogen (secondary N) is 2. The van der Waals surface area contributed by atoms with E-state index in [2.05, 4.69) is 28.9 Å². The third kappa shape index (κ3) is 9.25. The lowest BCUT2D eigenvalue weighted by atomic mass is 10.2. The molecule has 0 radical (unpaired) electrons. The fourth-order valence-electron chi connectivity index (χ4n) is 0.791. The van der Waals surface area contributed by atoms with Crippen molar-refractivity contribution in [1.82, 2.24) is 11.0 Å². The third-order valence-electron chi connectivity index (χ3n) is 1.40. The van der Waals surface area contributed by atoms with Crippen molar-refractivity contribution in [2.75, 3.05) is 6.54 Å². The minimum absolute atomic E-state index is 0.977. The molecular weight excluding hydrogens is 138 g/mol. The highest BCUT2D eigenvalue weighted by Crippen LogP contribution is 1.96. The Morgan fingerprint density at radius 3 is 2.73 bits per heavy atom. The Morgan fingerprint density at radius 1 is 1.27 bits per heavy atom. The maximum Gasteiger partial charge on any atom is 0.317 e. The SMILES string of the molecule is CC#[N+]NNCCCCCC. The van der Waals surface area contributed by atoms with E-state index in [1.807, 2.05) is 0 Å². The molecule has 0 aliphatic rings. The van der Waals surface area contributed by atoms with Crippen molar-refractivity contribution in [2.45, 2.75) is 39.5 Å². The molecule has 2 N–H and O–H groups in total. The second kappa shape index (κ2) is 9.25. The highest BCUT2D eigenvalue weighted by Gasteiger charge is 1.87. The molecule has 0 saturated heterocycles. The Kier molecular flexibility index (Phi) is 8.62. The first-order chi connectivity index (χ1) is 5.41. The first-order valence-corrected chi connectivity index (χ1v) is 4.26. The van der Waals surface area contributed by atoms with Crippen LogP contribution in [0.3, 0.4) is 0 Å². The van der Waals surface area contributed by atoms with Crippen LogP contribution in [0.1, 0.15) is 39.5 Å². The fourth-order valence-corrected chi connectivity index (χ4v) is 0.791. The van der Waals surface area contributed by atoms with Crippen molar-refractivity contribution >= 4 is 0 Å². The molecule has 0 aromatic heterocycles. The first kappa shape index (κ1) is 10.2. The molecule has 0 aliphatic carbocycles. The molecule has 0 bridgehead atoms. The van der Waals surface area contributed by atoms with Crippen LogP contribution in [0.4, 0.5) is 0 Å². The summed E-state index contributed by atoms with van der Waals surface area (Å²) in [6.45, 7) is 4.94. The van der Waals surface area contributed by atoms with Gasteiger partial charge in [0.05, 0.1) is 11.9 Å². The predicted molar refractivity (Wildman–Crippen MR) is 48.2 cm³/mol. The summed E-state index contributed by atoms with van der Waals surface area (Å²) >= 11 is 0. The summed E-state index contributed by atoms with van der Waals surface area (Å²) in [4.78, 5) is 3.68. The van der Waals surface area contributed by atoms with E-state index in [-0.39, 0.29) is 0 Å². The molecule has 0 heterocycles. The van der Waals surface area contributed by atoms with E-state index in [4.69, 9.17) is 0 Å². The van der Waals surface area contributed by atoms with Gasteiger partial charge in [-0.05, 0) is 12.0 Å². The van der Waals surface area contributed by atoms with Gasteiger partial charge in [-0.2, -0.15) is 5.43 Å².